The van der Waals surface area contributed by atoms with E-state index >= 15 is 0 Å². The number of rotatable bonds is 11. The van der Waals surface area contributed by atoms with E-state index in [2.05, 4.69) is 65.8 Å². The molecule has 0 atom stereocenters. The Morgan fingerprint density at radius 3 is 2.16 bits per heavy atom. The van der Waals surface area contributed by atoms with Gasteiger partial charge in [-0.15, -0.1) is 11.3 Å². The third-order valence-electron chi connectivity index (χ3n) is 5.38. The van der Waals surface area contributed by atoms with Crippen molar-refractivity contribution in [1.82, 2.24) is 9.88 Å². The van der Waals surface area contributed by atoms with Crippen LogP contribution >= 0.6 is 11.3 Å². The third kappa shape index (κ3) is 5.63. The van der Waals surface area contributed by atoms with Crippen LogP contribution < -0.4 is 24.4 Å². The van der Waals surface area contributed by atoms with E-state index in [0.29, 0.717) is 17.2 Å². The average molecular weight is 457 g/mol. The van der Waals surface area contributed by atoms with E-state index in [0.717, 1.165) is 41.7 Å². The molecule has 0 aliphatic rings. The summed E-state index contributed by atoms with van der Waals surface area (Å²) >= 11 is 1.55. The van der Waals surface area contributed by atoms with Gasteiger partial charge >= 0.3 is 0 Å². The van der Waals surface area contributed by atoms with Crippen LogP contribution in [0, 0.1) is 0 Å². The van der Waals surface area contributed by atoms with Crippen LogP contribution in [0.4, 0.5) is 16.5 Å². The van der Waals surface area contributed by atoms with Crippen LogP contribution in [0.15, 0.2) is 41.8 Å². The number of hydrogen-bond donors (Lipinski definition) is 1. The number of aromatic nitrogens is 1. The van der Waals surface area contributed by atoms with Crippen molar-refractivity contribution < 1.29 is 14.2 Å². The molecule has 172 valence electrons. The summed E-state index contributed by atoms with van der Waals surface area (Å²) in [5, 5.41) is 6.18. The third-order valence-corrected chi connectivity index (χ3v) is 6.14. The lowest BCUT2D eigenvalue weighted by Gasteiger charge is -2.23. The largest absolute Gasteiger partial charge is 0.493 e. The van der Waals surface area contributed by atoms with Crippen LogP contribution in [0.2, 0.25) is 0 Å². The lowest BCUT2D eigenvalue weighted by atomic mass is 10.1. The molecule has 7 nitrogen and oxygen atoms in total. The number of anilines is 3. The van der Waals surface area contributed by atoms with Gasteiger partial charge in [0.2, 0.25) is 5.75 Å². The normalized spacial score (nSPS) is 10.8. The van der Waals surface area contributed by atoms with E-state index in [-0.39, 0.29) is 0 Å². The fraction of sp³-hybridized carbons (Fsp3) is 0.375. The van der Waals surface area contributed by atoms with Crippen molar-refractivity contribution in [1.29, 1.82) is 0 Å². The van der Waals surface area contributed by atoms with Crippen molar-refractivity contribution in [2.24, 2.45) is 0 Å². The second-order valence-corrected chi connectivity index (χ2v) is 8.30. The molecule has 0 amide bonds. The van der Waals surface area contributed by atoms with Gasteiger partial charge in [0.25, 0.3) is 0 Å². The highest BCUT2D eigenvalue weighted by Gasteiger charge is 2.14. The van der Waals surface area contributed by atoms with E-state index in [4.69, 9.17) is 19.2 Å². The van der Waals surface area contributed by atoms with Crippen molar-refractivity contribution in [2.45, 2.75) is 6.92 Å². The van der Waals surface area contributed by atoms with Gasteiger partial charge in [0, 0.05) is 54.6 Å². The molecule has 1 aromatic heterocycles. The molecule has 0 saturated carbocycles. The minimum atomic E-state index is 0.562. The smallest absolute Gasteiger partial charge is 0.203 e. The molecule has 0 radical (unpaired) electrons. The summed E-state index contributed by atoms with van der Waals surface area (Å²) in [4.78, 5) is 9.33. The first-order valence-electron chi connectivity index (χ1n) is 10.5. The van der Waals surface area contributed by atoms with Crippen LogP contribution in [0.5, 0.6) is 17.2 Å². The lowest BCUT2D eigenvalue weighted by Crippen LogP contribution is -2.30. The fourth-order valence-corrected chi connectivity index (χ4v) is 3.97. The second kappa shape index (κ2) is 11.1. The summed E-state index contributed by atoms with van der Waals surface area (Å²) < 4.78 is 16.2. The zero-order valence-corrected chi connectivity index (χ0v) is 20.5. The minimum Gasteiger partial charge on any atom is -0.493 e. The molecule has 8 heteroatoms. The number of nitrogens with one attached hydrogen (secondary N) is 1. The molecule has 1 N–H and O–H groups in total. The van der Waals surface area contributed by atoms with Gasteiger partial charge in [0.05, 0.1) is 27.0 Å². The molecule has 1 heterocycles. The Morgan fingerprint density at radius 2 is 1.59 bits per heavy atom. The number of nitrogens with zero attached hydrogens (tertiary/aromatic N) is 3. The Labute approximate surface area is 194 Å². The first kappa shape index (κ1) is 23.7. The monoisotopic (exact) mass is 456 g/mol. The molecule has 2 aromatic carbocycles. The Morgan fingerprint density at radius 1 is 0.938 bits per heavy atom. The zero-order valence-electron chi connectivity index (χ0n) is 19.6. The molecule has 0 aliphatic heterocycles. The molecule has 3 rings (SSSR count). The lowest BCUT2D eigenvalue weighted by molar-refractivity contribution is 0.324. The van der Waals surface area contributed by atoms with Crippen LogP contribution in [-0.2, 0) is 0 Å². The molecule has 0 unspecified atom stereocenters. The number of ether oxygens (including phenoxy) is 3. The summed E-state index contributed by atoms with van der Waals surface area (Å²) in [5.74, 6) is 1.75. The molecular formula is C24H32N4O3S. The number of thiazole rings is 1. The van der Waals surface area contributed by atoms with Crippen LogP contribution in [-0.4, -0.2) is 64.9 Å². The van der Waals surface area contributed by atoms with Crippen molar-refractivity contribution >= 4 is 27.8 Å². The number of benzene rings is 2. The van der Waals surface area contributed by atoms with Gasteiger partial charge in [-0.3, -0.25) is 0 Å². The van der Waals surface area contributed by atoms with Crippen molar-refractivity contribution in [3.8, 4) is 28.5 Å². The summed E-state index contributed by atoms with van der Waals surface area (Å²) in [5.41, 5.74) is 4.03. The molecule has 32 heavy (non-hydrogen) atoms. The molecule has 0 aliphatic carbocycles. The Bertz CT molecular complexity index is 982. The van der Waals surface area contributed by atoms with E-state index in [1.165, 1.54) is 5.69 Å². The van der Waals surface area contributed by atoms with Crippen molar-refractivity contribution in [3.63, 3.8) is 0 Å². The number of methoxy groups -OCH3 is 3. The summed E-state index contributed by atoms with van der Waals surface area (Å²) in [6, 6.07) is 12.3. The van der Waals surface area contributed by atoms with Gasteiger partial charge in [0.1, 0.15) is 0 Å². The maximum absolute atomic E-state index is 5.43. The maximum atomic E-state index is 5.43. The quantitative estimate of drug-likeness (QED) is 0.437. The predicted molar refractivity (Wildman–Crippen MR) is 133 cm³/mol. The van der Waals surface area contributed by atoms with Gasteiger partial charge in [-0.25, -0.2) is 4.98 Å². The summed E-state index contributed by atoms with van der Waals surface area (Å²) in [7, 11) is 9.06. The average Bonchev–Trinajstić information content (AvgIpc) is 3.29. The molecular weight excluding hydrogens is 424 g/mol. The summed E-state index contributed by atoms with van der Waals surface area (Å²) in [6.07, 6.45) is 0. The SMILES string of the molecule is CCN(C)CCN(C)c1ccc(-c2csc(Nc3cc(OC)c(OC)c(OC)c3)n2)cc1. The molecule has 0 spiro atoms. The van der Waals surface area contributed by atoms with Crippen LogP contribution in [0.1, 0.15) is 6.92 Å². The standard InChI is InChI=1S/C24H32N4O3S/c1-7-27(2)12-13-28(3)19-10-8-17(9-11-19)20-16-32-24(26-20)25-18-14-21(29-4)23(31-6)22(15-18)30-5/h8-11,14-16H,7,12-13H2,1-6H3,(H,25,26). The fourth-order valence-electron chi connectivity index (χ4n) is 3.24. The first-order valence-corrected chi connectivity index (χ1v) is 11.4. The Hall–Kier alpha value is -2.97. The highest BCUT2D eigenvalue weighted by molar-refractivity contribution is 7.14. The number of likely N-dealkylation sites (N-methyl/N-ethyl adjacent to an activating group) is 2. The first-order chi connectivity index (χ1) is 15.5. The van der Waals surface area contributed by atoms with Crippen molar-refractivity contribution in [3.05, 3.63) is 41.8 Å². The van der Waals surface area contributed by atoms with Crippen LogP contribution in [0.3, 0.4) is 0 Å². The van der Waals surface area contributed by atoms with E-state index in [1.54, 1.807) is 32.7 Å². The topological polar surface area (TPSA) is 59.1 Å². The molecule has 0 bridgehead atoms. The Kier molecular flexibility index (Phi) is 8.19. The van der Waals surface area contributed by atoms with E-state index < -0.39 is 0 Å². The highest BCUT2D eigenvalue weighted by Crippen LogP contribution is 2.41. The highest BCUT2D eigenvalue weighted by atomic mass is 32.1. The zero-order chi connectivity index (χ0) is 23.1. The van der Waals surface area contributed by atoms with E-state index in [9.17, 15) is 0 Å². The second-order valence-electron chi connectivity index (χ2n) is 7.44. The van der Waals surface area contributed by atoms with Gasteiger partial charge < -0.3 is 29.3 Å². The van der Waals surface area contributed by atoms with Gasteiger partial charge in [-0.2, -0.15) is 0 Å². The Balaban J connectivity index is 1.71. The minimum absolute atomic E-state index is 0.562. The van der Waals surface area contributed by atoms with E-state index in [1.807, 2.05) is 12.1 Å². The maximum Gasteiger partial charge on any atom is 0.203 e. The van der Waals surface area contributed by atoms with Gasteiger partial charge in [-0.1, -0.05) is 19.1 Å². The molecule has 0 fully saturated rings. The number of hydrogen-bond acceptors (Lipinski definition) is 8. The molecule has 0 saturated heterocycles. The summed E-state index contributed by atoms with van der Waals surface area (Å²) in [6.45, 7) is 5.26. The molecule has 3 aromatic rings. The van der Waals surface area contributed by atoms with Gasteiger partial charge in [-0.05, 0) is 25.7 Å². The predicted octanol–water partition coefficient (Wildman–Crippen LogP) is 4.97. The van der Waals surface area contributed by atoms with Gasteiger partial charge in [0.15, 0.2) is 16.6 Å². The van der Waals surface area contributed by atoms with Crippen molar-refractivity contribution in [2.75, 3.05) is 65.3 Å². The van der Waals surface area contributed by atoms with Crippen LogP contribution in [0.25, 0.3) is 11.3 Å².